The fourth-order valence-electron chi connectivity index (χ4n) is 2.28. The third-order valence-corrected chi connectivity index (χ3v) is 3.39. The SMILES string of the molecule is CC(CC(F)(F)F)n1nc(C(C)(C)C)c2ccc(Cl)nc21. The van der Waals surface area contributed by atoms with Gasteiger partial charge < -0.3 is 0 Å². The summed E-state index contributed by atoms with van der Waals surface area (Å²) in [6, 6.07) is 2.55. The van der Waals surface area contributed by atoms with Gasteiger partial charge in [0.1, 0.15) is 5.15 Å². The zero-order valence-electron chi connectivity index (χ0n) is 12.3. The Balaban J connectivity index is 2.61. The van der Waals surface area contributed by atoms with Crippen molar-refractivity contribution in [2.24, 2.45) is 0 Å². The molecule has 0 saturated carbocycles. The molecule has 1 atom stereocenters. The molecule has 21 heavy (non-hydrogen) atoms. The molecule has 0 fully saturated rings. The van der Waals surface area contributed by atoms with Crippen LogP contribution in [0.5, 0.6) is 0 Å². The smallest absolute Gasteiger partial charge is 0.244 e. The number of alkyl halides is 3. The lowest BCUT2D eigenvalue weighted by atomic mass is 9.90. The molecule has 2 rings (SSSR count). The van der Waals surface area contributed by atoms with Crippen LogP contribution in [0.3, 0.4) is 0 Å². The summed E-state index contributed by atoms with van der Waals surface area (Å²) in [6.07, 6.45) is -5.21. The normalized spacial score (nSPS) is 14.7. The van der Waals surface area contributed by atoms with E-state index in [1.807, 2.05) is 20.8 Å². The summed E-state index contributed by atoms with van der Waals surface area (Å²) in [5, 5.41) is 5.36. The van der Waals surface area contributed by atoms with Gasteiger partial charge in [-0.05, 0) is 19.1 Å². The molecule has 0 aliphatic heterocycles. The molecule has 0 aliphatic rings. The maximum absolute atomic E-state index is 12.6. The van der Waals surface area contributed by atoms with Crippen LogP contribution in [0.15, 0.2) is 12.1 Å². The van der Waals surface area contributed by atoms with Crippen LogP contribution in [0, 0.1) is 0 Å². The maximum Gasteiger partial charge on any atom is 0.391 e. The zero-order valence-corrected chi connectivity index (χ0v) is 13.0. The number of fused-ring (bicyclic) bond motifs is 1. The number of hydrogen-bond acceptors (Lipinski definition) is 2. The van der Waals surface area contributed by atoms with Crippen LogP contribution in [-0.4, -0.2) is 20.9 Å². The number of halogens is 4. The highest BCUT2D eigenvalue weighted by molar-refractivity contribution is 6.29. The molecular weight excluding hydrogens is 303 g/mol. The number of pyridine rings is 1. The molecule has 2 aromatic heterocycles. The van der Waals surface area contributed by atoms with Crippen LogP contribution in [0.25, 0.3) is 11.0 Å². The average Bonchev–Trinajstić information content (AvgIpc) is 2.64. The Morgan fingerprint density at radius 1 is 1.24 bits per heavy atom. The fourth-order valence-corrected chi connectivity index (χ4v) is 2.42. The molecule has 0 N–H and O–H groups in total. The Bertz CT molecular complexity index is 656. The van der Waals surface area contributed by atoms with Crippen molar-refractivity contribution in [1.82, 2.24) is 14.8 Å². The van der Waals surface area contributed by atoms with Gasteiger partial charge in [-0.1, -0.05) is 32.4 Å². The Morgan fingerprint density at radius 2 is 1.86 bits per heavy atom. The lowest BCUT2D eigenvalue weighted by Gasteiger charge is -2.17. The molecule has 3 nitrogen and oxygen atoms in total. The first-order valence-electron chi connectivity index (χ1n) is 6.61. The number of nitrogens with zero attached hydrogens (tertiary/aromatic N) is 3. The lowest BCUT2D eigenvalue weighted by molar-refractivity contribution is -0.142. The van der Waals surface area contributed by atoms with Crippen molar-refractivity contribution in [1.29, 1.82) is 0 Å². The van der Waals surface area contributed by atoms with Gasteiger partial charge in [-0.15, -0.1) is 0 Å². The Hall–Kier alpha value is -1.30. The second-order valence-corrected chi connectivity index (χ2v) is 6.60. The van der Waals surface area contributed by atoms with Crippen molar-refractivity contribution >= 4 is 22.6 Å². The van der Waals surface area contributed by atoms with Crippen LogP contribution in [0.4, 0.5) is 13.2 Å². The van der Waals surface area contributed by atoms with Gasteiger partial charge in [0, 0.05) is 10.8 Å². The molecule has 116 valence electrons. The van der Waals surface area contributed by atoms with Crippen molar-refractivity contribution in [2.75, 3.05) is 0 Å². The molecule has 7 heteroatoms. The standard InChI is InChI=1S/C14H17ClF3N3/c1-8(7-14(16,17)18)21-12-9(5-6-10(15)19-12)11(20-21)13(2,3)4/h5-6,8H,7H2,1-4H3. The van der Waals surface area contributed by atoms with Gasteiger partial charge >= 0.3 is 6.18 Å². The van der Waals surface area contributed by atoms with Crippen molar-refractivity contribution in [2.45, 2.75) is 51.7 Å². The summed E-state index contributed by atoms with van der Waals surface area (Å²) >= 11 is 5.88. The summed E-state index contributed by atoms with van der Waals surface area (Å²) in [6.45, 7) is 7.36. The Morgan fingerprint density at radius 3 is 2.38 bits per heavy atom. The first-order chi connectivity index (χ1) is 9.49. The molecule has 0 saturated heterocycles. The van der Waals surface area contributed by atoms with Crippen molar-refractivity contribution < 1.29 is 13.2 Å². The van der Waals surface area contributed by atoms with E-state index in [9.17, 15) is 13.2 Å². The highest BCUT2D eigenvalue weighted by atomic mass is 35.5. The molecule has 0 spiro atoms. The minimum Gasteiger partial charge on any atom is -0.244 e. The maximum atomic E-state index is 12.6. The topological polar surface area (TPSA) is 30.7 Å². The van der Waals surface area contributed by atoms with Crippen molar-refractivity contribution in [3.05, 3.63) is 23.0 Å². The highest BCUT2D eigenvalue weighted by Gasteiger charge is 2.33. The van der Waals surface area contributed by atoms with E-state index in [1.165, 1.54) is 11.6 Å². The predicted molar refractivity (Wildman–Crippen MR) is 76.6 cm³/mol. The van der Waals surface area contributed by atoms with E-state index in [0.717, 1.165) is 11.1 Å². The van der Waals surface area contributed by atoms with Crippen molar-refractivity contribution in [3.8, 4) is 0 Å². The van der Waals surface area contributed by atoms with E-state index in [0.29, 0.717) is 5.65 Å². The second-order valence-electron chi connectivity index (χ2n) is 6.22. The van der Waals surface area contributed by atoms with Crippen LogP contribution < -0.4 is 0 Å². The minimum absolute atomic E-state index is 0.239. The monoisotopic (exact) mass is 319 g/mol. The summed E-state index contributed by atoms with van der Waals surface area (Å²) in [4.78, 5) is 4.16. The first kappa shape index (κ1) is 16.1. The quantitative estimate of drug-likeness (QED) is 0.737. The van der Waals surface area contributed by atoms with Crippen LogP contribution >= 0.6 is 11.6 Å². The van der Waals surface area contributed by atoms with Gasteiger partial charge in [-0.25, -0.2) is 9.67 Å². The average molecular weight is 320 g/mol. The van der Waals surface area contributed by atoms with E-state index in [2.05, 4.69) is 10.1 Å². The Labute approximate surface area is 126 Å². The molecule has 0 amide bonds. The van der Waals surface area contributed by atoms with Gasteiger partial charge in [-0.3, -0.25) is 0 Å². The lowest BCUT2D eigenvalue weighted by Crippen LogP contribution is -2.19. The highest BCUT2D eigenvalue weighted by Crippen LogP contribution is 2.33. The van der Waals surface area contributed by atoms with Gasteiger partial charge in [0.2, 0.25) is 0 Å². The van der Waals surface area contributed by atoms with Gasteiger partial charge in [0.05, 0.1) is 18.2 Å². The minimum atomic E-state index is -4.25. The molecule has 2 heterocycles. The van der Waals surface area contributed by atoms with Gasteiger partial charge in [0.25, 0.3) is 0 Å². The van der Waals surface area contributed by atoms with E-state index in [1.54, 1.807) is 12.1 Å². The third-order valence-electron chi connectivity index (χ3n) is 3.18. The second kappa shape index (κ2) is 5.16. The number of aromatic nitrogens is 3. The summed E-state index contributed by atoms with van der Waals surface area (Å²) in [7, 11) is 0. The first-order valence-corrected chi connectivity index (χ1v) is 6.99. The van der Waals surface area contributed by atoms with Gasteiger partial charge in [-0.2, -0.15) is 18.3 Å². The van der Waals surface area contributed by atoms with Crippen LogP contribution in [0.2, 0.25) is 5.15 Å². The van der Waals surface area contributed by atoms with Gasteiger partial charge in [0.15, 0.2) is 5.65 Å². The van der Waals surface area contributed by atoms with Crippen LogP contribution in [0.1, 0.15) is 45.9 Å². The Kier molecular flexibility index (Phi) is 3.95. The van der Waals surface area contributed by atoms with E-state index >= 15 is 0 Å². The molecule has 2 aromatic rings. The molecule has 0 bridgehead atoms. The molecule has 0 radical (unpaired) electrons. The molecular formula is C14H17ClF3N3. The summed E-state index contributed by atoms with van der Waals surface area (Å²) in [5.74, 6) is 0. The summed E-state index contributed by atoms with van der Waals surface area (Å²) in [5.41, 5.74) is 0.816. The van der Waals surface area contributed by atoms with E-state index < -0.39 is 18.6 Å². The van der Waals surface area contributed by atoms with E-state index in [4.69, 9.17) is 11.6 Å². The van der Waals surface area contributed by atoms with Crippen LogP contribution in [-0.2, 0) is 5.41 Å². The van der Waals surface area contributed by atoms with Crippen molar-refractivity contribution in [3.63, 3.8) is 0 Å². The molecule has 1 unspecified atom stereocenters. The largest absolute Gasteiger partial charge is 0.391 e. The number of rotatable bonds is 2. The third kappa shape index (κ3) is 3.48. The molecule has 0 aromatic carbocycles. The zero-order chi connectivity index (χ0) is 16.0. The number of hydrogen-bond donors (Lipinski definition) is 0. The fraction of sp³-hybridized carbons (Fsp3) is 0.571. The molecule has 0 aliphatic carbocycles. The summed E-state index contributed by atoms with van der Waals surface area (Å²) < 4.78 is 39.2. The van der Waals surface area contributed by atoms with E-state index in [-0.39, 0.29) is 10.6 Å². The predicted octanol–water partition coefficient (Wildman–Crippen LogP) is 4.90.